The number of unbranched alkanes of at least 4 members (excludes halogenated alkanes) is 1. The van der Waals surface area contributed by atoms with Crippen LogP contribution in [0.25, 0.3) is 10.2 Å². The molecule has 0 radical (unpaired) electrons. The van der Waals surface area contributed by atoms with Crippen molar-refractivity contribution in [3.05, 3.63) is 33.9 Å². The van der Waals surface area contributed by atoms with Crippen molar-refractivity contribution in [3.8, 4) is 0 Å². The van der Waals surface area contributed by atoms with Gasteiger partial charge in [-0.3, -0.25) is 14.3 Å². The molecule has 2 aromatic rings. The summed E-state index contributed by atoms with van der Waals surface area (Å²) in [5.74, 6) is 1.48. The van der Waals surface area contributed by atoms with Crippen LogP contribution in [0.5, 0.6) is 0 Å². The summed E-state index contributed by atoms with van der Waals surface area (Å²) in [6, 6.07) is 9.80. The first kappa shape index (κ1) is 18.2. The smallest absolute Gasteiger partial charge is 0.298 e. The molecule has 26 heavy (non-hydrogen) atoms. The lowest BCUT2D eigenvalue weighted by atomic mass is 9.86. The first-order valence-corrected chi connectivity index (χ1v) is 11.3. The Morgan fingerprint density at radius 3 is 2.62 bits per heavy atom. The van der Waals surface area contributed by atoms with Crippen LogP contribution in [0, 0.1) is 11.8 Å². The third-order valence-electron chi connectivity index (χ3n) is 6.54. The Hall–Kier alpha value is -1.13. The van der Waals surface area contributed by atoms with Crippen LogP contribution in [0.2, 0.25) is 0 Å². The fraction of sp³-hybridized carbons (Fsp3) is 0.682. The maximum Gasteiger partial charge on any atom is 0.308 e. The molecule has 0 aliphatic carbocycles. The second-order valence-corrected chi connectivity index (χ2v) is 9.61. The van der Waals surface area contributed by atoms with Crippen LogP contribution in [0.3, 0.4) is 0 Å². The van der Waals surface area contributed by atoms with Crippen molar-refractivity contribution in [1.82, 2.24) is 9.47 Å². The second-order valence-electron chi connectivity index (χ2n) is 8.61. The summed E-state index contributed by atoms with van der Waals surface area (Å²) >= 11 is 1.38. The maximum atomic E-state index is 12.4. The molecule has 2 saturated heterocycles. The Kier molecular flexibility index (Phi) is 5.51. The Balaban J connectivity index is 1.40. The van der Waals surface area contributed by atoms with Crippen LogP contribution >= 0.6 is 11.3 Å². The van der Waals surface area contributed by atoms with Crippen LogP contribution in [0.15, 0.2) is 29.1 Å². The van der Waals surface area contributed by atoms with Crippen molar-refractivity contribution in [3.63, 3.8) is 0 Å². The predicted octanol–water partition coefficient (Wildman–Crippen LogP) is 5.13. The zero-order valence-electron chi connectivity index (χ0n) is 16.2. The number of piperidine rings is 1. The lowest BCUT2D eigenvalue weighted by molar-refractivity contribution is 0.0820. The van der Waals surface area contributed by atoms with E-state index >= 15 is 0 Å². The highest BCUT2D eigenvalue weighted by atomic mass is 32.1. The normalized spacial score (nSPS) is 27.2. The molecule has 0 saturated carbocycles. The molecule has 3 nitrogen and oxygen atoms in total. The fourth-order valence-corrected chi connectivity index (χ4v) is 6.23. The Morgan fingerprint density at radius 1 is 1.15 bits per heavy atom. The van der Waals surface area contributed by atoms with Gasteiger partial charge in [-0.05, 0) is 49.7 Å². The second kappa shape index (κ2) is 7.85. The predicted molar refractivity (Wildman–Crippen MR) is 111 cm³/mol. The van der Waals surface area contributed by atoms with Crippen LogP contribution in [-0.4, -0.2) is 28.1 Å². The van der Waals surface area contributed by atoms with Gasteiger partial charge in [-0.1, -0.05) is 56.6 Å². The van der Waals surface area contributed by atoms with E-state index in [-0.39, 0.29) is 4.87 Å². The van der Waals surface area contributed by atoms with E-state index < -0.39 is 0 Å². The Morgan fingerprint density at radius 2 is 1.88 bits per heavy atom. The van der Waals surface area contributed by atoms with E-state index in [4.69, 9.17) is 0 Å². The van der Waals surface area contributed by atoms with E-state index in [2.05, 4.69) is 30.9 Å². The maximum absolute atomic E-state index is 12.4. The van der Waals surface area contributed by atoms with Gasteiger partial charge in [0.1, 0.15) is 0 Å². The van der Waals surface area contributed by atoms with Gasteiger partial charge < -0.3 is 0 Å². The zero-order valence-corrected chi connectivity index (χ0v) is 17.0. The molecule has 1 aromatic carbocycles. The number of aromatic nitrogens is 1. The molecule has 142 valence electrons. The molecule has 3 heterocycles. The number of para-hydroxylation sites is 1. The molecule has 4 heteroatoms. The van der Waals surface area contributed by atoms with E-state index in [9.17, 15) is 4.79 Å². The highest BCUT2D eigenvalue weighted by Crippen LogP contribution is 2.40. The van der Waals surface area contributed by atoms with Crippen molar-refractivity contribution in [2.45, 2.75) is 77.4 Å². The summed E-state index contributed by atoms with van der Waals surface area (Å²) in [4.78, 5) is 15.4. The topological polar surface area (TPSA) is 25.2 Å². The third-order valence-corrected chi connectivity index (χ3v) is 7.50. The number of rotatable bonds is 7. The monoisotopic (exact) mass is 372 g/mol. The number of thiazole rings is 1. The third kappa shape index (κ3) is 3.63. The number of benzene rings is 1. The quantitative estimate of drug-likeness (QED) is 0.673. The van der Waals surface area contributed by atoms with Crippen molar-refractivity contribution in [2.24, 2.45) is 11.8 Å². The van der Waals surface area contributed by atoms with Gasteiger partial charge in [0.25, 0.3) is 0 Å². The molecular weight excluding hydrogens is 340 g/mol. The fourth-order valence-electron chi connectivity index (χ4n) is 5.33. The number of nitrogens with zero attached hydrogens (tertiary/aromatic N) is 2. The Bertz CT molecular complexity index is 781. The molecule has 0 N–H and O–H groups in total. The summed E-state index contributed by atoms with van der Waals surface area (Å²) in [6.45, 7) is 6.62. The summed E-state index contributed by atoms with van der Waals surface area (Å²) < 4.78 is 3.11. The molecular formula is C22H32N2OS. The molecule has 1 aromatic heterocycles. The molecule has 2 unspecified atom stereocenters. The van der Waals surface area contributed by atoms with E-state index in [1.807, 2.05) is 16.7 Å². The first-order valence-electron chi connectivity index (χ1n) is 10.5. The minimum atomic E-state index is 0.194. The lowest BCUT2D eigenvalue weighted by Crippen LogP contribution is -2.45. The van der Waals surface area contributed by atoms with Crippen molar-refractivity contribution in [1.29, 1.82) is 0 Å². The number of hydrogen-bond acceptors (Lipinski definition) is 3. The largest absolute Gasteiger partial charge is 0.308 e. The molecule has 4 rings (SSSR count). The standard InChI is InChI=1S/C22H32N2OS/c1-3-4-7-17-12-18-10-11-19(13-17)23(18)14-16(2)15-24-20-8-5-6-9-21(20)26-22(24)25/h5-6,8-9,16-19H,3-4,7,10-15H2,1-2H3/t16-,17?,18+,19?/m1/s1. The molecule has 2 fully saturated rings. The van der Waals surface area contributed by atoms with E-state index in [0.717, 1.165) is 41.3 Å². The molecule has 0 amide bonds. The van der Waals surface area contributed by atoms with Gasteiger partial charge in [-0.2, -0.15) is 0 Å². The first-order chi connectivity index (χ1) is 12.7. The van der Waals surface area contributed by atoms with Crippen LogP contribution < -0.4 is 4.87 Å². The van der Waals surface area contributed by atoms with E-state index in [0.29, 0.717) is 5.92 Å². The number of hydrogen-bond donors (Lipinski definition) is 0. The SMILES string of the molecule is CCCCC1CC2CC[C@@H](C1)N2C[C@@H](C)Cn1c(=O)sc2ccccc21. The highest BCUT2D eigenvalue weighted by molar-refractivity contribution is 7.16. The van der Waals surface area contributed by atoms with Gasteiger partial charge in [0.2, 0.25) is 0 Å². The highest BCUT2D eigenvalue weighted by Gasteiger charge is 2.40. The Labute approximate surface area is 161 Å². The van der Waals surface area contributed by atoms with Gasteiger partial charge >= 0.3 is 4.87 Å². The van der Waals surface area contributed by atoms with E-state index in [1.165, 1.54) is 56.3 Å². The van der Waals surface area contributed by atoms with Gasteiger partial charge in [0.05, 0.1) is 10.2 Å². The minimum Gasteiger partial charge on any atom is -0.298 e. The minimum absolute atomic E-state index is 0.194. The lowest BCUT2D eigenvalue weighted by Gasteiger charge is -2.40. The van der Waals surface area contributed by atoms with Gasteiger partial charge in [-0.15, -0.1) is 0 Å². The zero-order chi connectivity index (χ0) is 18.1. The average molecular weight is 373 g/mol. The van der Waals surface area contributed by atoms with Crippen molar-refractivity contribution < 1.29 is 0 Å². The van der Waals surface area contributed by atoms with Crippen LogP contribution in [0.4, 0.5) is 0 Å². The number of fused-ring (bicyclic) bond motifs is 3. The van der Waals surface area contributed by atoms with Crippen LogP contribution in [-0.2, 0) is 6.54 Å². The van der Waals surface area contributed by atoms with Crippen molar-refractivity contribution >= 4 is 21.6 Å². The molecule has 4 atom stereocenters. The molecule has 2 bridgehead atoms. The van der Waals surface area contributed by atoms with Gasteiger partial charge in [0, 0.05) is 25.2 Å². The summed E-state index contributed by atoms with van der Waals surface area (Å²) in [5.41, 5.74) is 1.11. The van der Waals surface area contributed by atoms with Crippen molar-refractivity contribution in [2.75, 3.05) is 6.54 Å². The summed E-state index contributed by atoms with van der Waals surface area (Å²) in [7, 11) is 0. The van der Waals surface area contributed by atoms with E-state index in [1.54, 1.807) is 0 Å². The summed E-state index contributed by atoms with van der Waals surface area (Å²) in [5, 5.41) is 0. The van der Waals surface area contributed by atoms with Gasteiger partial charge in [0.15, 0.2) is 0 Å². The average Bonchev–Trinajstić information content (AvgIpc) is 3.05. The van der Waals surface area contributed by atoms with Crippen LogP contribution in [0.1, 0.15) is 58.8 Å². The molecule has 0 spiro atoms. The van der Waals surface area contributed by atoms with Gasteiger partial charge in [-0.25, -0.2) is 0 Å². The molecule has 2 aliphatic rings. The molecule has 2 aliphatic heterocycles. The summed E-state index contributed by atoms with van der Waals surface area (Å²) in [6.07, 6.45) is 9.76.